The molecule has 1 atom stereocenters. The van der Waals surface area contributed by atoms with E-state index in [1.807, 2.05) is 6.92 Å². The van der Waals surface area contributed by atoms with Crippen molar-refractivity contribution in [1.82, 2.24) is 4.57 Å². The molecule has 1 aromatic heterocycles. The molecule has 7 heteroatoms. The third-order valence-corrected chi connectivity index (χ3v) is 3.51. The molecule has 1 heterocycles. The molecule has 0 aromatic carbocycles. The van der Waals surface area contributed by atoms with Gasteiger partial charge in [-0.05, 0) is 26.3 Å². The molecule has 6 nitrogen and oxygen atoms in total. The van der Waals surface area contributed by atoms with E-state index >= 15 is 0 Å². The second-order valence-electron chi connectivity index (χ2n) is 4.02. The third-order valence-electron chi connectivity index (χ3n) is 2.63. The first-order valence-electron chi connectivity index (χ1n) is 5.73. The van der Waals surface area contributed by atoms with Gasteiger partial charge in [0.15, 0.2) is 0 Å². The molecule has 0 spiro atoms. The number of aromatic nitrogens is 1. The van der Waals surface area contributed by atoms with Gasteiger partial charge < -0.3 is 9.30 Å². The quantitative estimate of drug-likeness (QED) is 0.814. The second-order valence-corrected chi connectivity index (χ2v) is 5.58. The van der Waals surface area contributed by atoms with E-state index in [9.17, 15) is 13.2 Å². The number of carbonyl (C=O) groups excluding carboxylic acids is 1. The average molecular weight is 274 g/mol. The van der Waals surface area contributed by atoms with Crippen LogP contribution in [0.15, 0.2) is 17.2 Å². The molecular weight excluding hydrogens is 256 g/mol. The van der Waals surface area contributed by atoms with Crippen LogP contribution >= 0.6 is 0 Å². The Hall–Kier alpha value is -1.34. The van der Waals surface area contributed by atoms with Gasteiger partial charge in [-0.25, -0.2) is 18.4 Å². The molecule has 18 heavy (non-hydrogen) atoms. The normalized spacial score (nSPS) is 13.3. The first-order valence-corrected chi connectivity index (χ1v) is 7.28. The minimum absolute atomic E-state index is 0.0829. The van der Waals surface area contributed by atoms with Gasteiger partial charge in [0.25, 0.3) is 0 Å². The van der Waals surface area contributed by atoms with Crippen molar-refractivity contribution in [1.29, 1.82) is 0 Å². The average Bonchev–Trinajstić information content (AvgIpc) is 2.72. The Morgan fingerprint density at radius 1 is 1.50 bits per heavy atom. The number of nitrogens with zero attached hydrogens (tertiary/aromatic N) is 1. The van der Waals surface area contributed by atoms with Crippen LogP contribution < -0.4 is 5.14 Å². The zero-order chi connectivity index (χ0) is 13.9. The maximum Gasteiger partial charge on any atom is 0.355 e. The molecule has 1 unspecified atom stereocenters. The number of carbonyl (C=O) groups is 1. The topological polar surface area (TPSA) is 91.4 Å². The number of hydrogen-bond acceptors (Lipinski definition) is 4. The van der Waals surface area contributed by atoms with Crippen molar-refractivity contribution in [2.75, 3.05) is 0 Å². The molecular formula is C11H18N2O4S. The SMILES string of the molecule is CCC(C)OC(=O)c1cc(S(N)(=O)=O)cn1CC. The van der Waals surface area contributed by atoms with E-state index < -0.39 is 16.0 Å². The smallest absolute Gasteiger partial charge is 0.355 e. The van der Waals surface area contributed by atoms with Crippen LogP contribution in [0, 0.1) is 0 Å². The molecule has 0 radical (unpaired) electrons. The Morgan fingerprint density at radius 3 is 2.56 bits per heavy atom. The number of hydrogen-bond donors (Lipinski definition) is 1. The molecule has 102 valence electrons. The second kappa shape index (κ2) is 5.53. The summed E-state index contributed by atoms with van der Waals surface area (Å²) >= 11 is 0. The summed E-state index contributed by atoms with van der Waals surface area (Å²) < 4.78 is 29.1. The highest BCUT2D eigenvalue weighted by molar-refractivity contribution is 7.89. The van der Waals surface area contributed by atoms with Crippen molar-refractivity contribution in [3.05, 3.63) is 18.0 Å². The highest BCUT2D eigenvalue weighted by Gasteiger charge is 2.20. The fraction of sp³-hybridized carbons (Fsp3) is 0.545. The minimum Gasteiger partial charge on any atom is -0.458 e. The van der Waals surface area contributed by atoms with Crippen LogP contribution in [0.25, 0.3) is 0 Å². The predicted molar refractivity (Wildman–Crippen MR) is 66.6 cm³/mol. The standard InChI is InChI=1S/C11H18N2O4S/c1-4-8(3)17-11(14)10-6-9(18(12,15)16)7-13(10)5-2/h6-8H,4-5H2,1-3H3,(H2,12,15,16). The first-order chi connectivity index (χ1) is 8.29. The summed E-state index contributed by atoms with van der Waals surface area (Å²) in [4.78, 5) is 11.8. The predicted octanol–water partition coefficient (Wildman–Crippen LogP) is 1.11. The van der Waals surface area contributed by atoms with Crippen LogP contribution in [0.2, 0.25) is 0 Å². The summed E-state index contributed by atoms with van der Waals surface area (Å²) in [7, 11) is -3.81. The lowest BCUT2D eigenvalue weighted by Gasteiger charge is -2.11. The summed E-state index contributed by atoms with van der Waals surface area (Å²) in [6.45, 7) is 5.93. The van der Waals surface area contributed by atoms with Gasteiger partial charge in [0.1, 0.15) is 10.6 Å². The van der Waals surface area contributed by atoms with Gasteiger partial charge in [-0.2, -0.15) is 0 Å². The number of ether oxygens (including phenoxy) is 1. The van der Waals surface area contributed by atoms with E-state index in [1.54, 1.807) is 13.8 Å². The Morgan fingerprint density at radius 2 is 2.11 bits per heavy atom. The molecule has 1 rings (SSSR count). The maximum atomic E-state index is 11.9. The molecule has 0 aliphatic heterocycles. The Balaban J connectivity index is 3.08. The number of esters is 1. The number of sulfonamides is 1. The van der Waals surface area contributed by atoms with Crippen LogP contribution in [-0.4, -0.2) is 25.1 Å². The van der Waals surface area contributed by atoms with E-state index in [0.717, 1.165) is 0 Å². The molecule has 0 aliphatic carbocycles. The lowest BCUT2D eigenvalue weighted by molar-refractivity contribution is 0.0322. The number of nitrogens with two attached hydrogens (primary N) is 1. The summed E-state index contributed by atoms with van der Waals surface area (Å²) in [6.07, 6.45) is 1.82. The van der Waals surface area contributed by atoms with E-state index in [2.05, 4.69) is 0 Å². The van der Waals surface area contributed by atoms with Crippen molar-refractivity contribution in [2.45, 2.75) is 44.7 Å². The van der Waals surface area contributed by atoms with Gasteiger partial charge in [0.2, 0.25) is 10.0 Å². The van der Waals surface area contributed by atoms with Crippen LogP contribution in [0.1, 0.15) is 37.7 Å². The molecule has 0 bridgehead atoms. The number of aryl methyl sites for hydroxylation is 1. The number of rotatable bonds is 5. The zero-order valence-corrected chi connectivity index (χ0v) is 11.5. The Kier molecular flexibility index (Phi) is 4.53. The summed E-state index contributed by atoms with van der Waals surface area (Å²) in [5.41, 5.74) is 0.196. The van der Waals surface area contributed by atoms with Crippen molar-refractivity contribution in [2.24, 2.45) is 5.14 Å². The van der Waals surface area contributed by atoms with Crippen molar-refractivity contribution in [3.63, 3.8) is 0 Å². The van der Waals surface area contributed by atoms with Crippen LogP contribution in [-0.2, 0) is 21.3 Å². The lowest BCUT2D eigenvalue weighted by atomic mass is 10.3. The van der Waals surface area contributed by atoms with Crippen LogP contribution in [0.3, 0.4) is 0 Å². The molecule has 2 N–H and O–H groups in total. The van der Waals surface area contributed by atoms with E-state index in [-0.39, 0.29) is 16.7 Å². The first kappa shape index (κ1) is 14.7. The highest BCUT2D eigenvalue weighted by atomic mass is 32.2. The third kappa shape index (κ3) is 3.33. The van der Waals surface area contributed by atoms with Crippen LogP contribution in [0.5, 0.6) is 0 Å². The zero-order valence-electron chi connectivity index (χ0n) is 10.7. The summed E-state index contributed by atoms with van der Waals surface area (Å²) in [5, 5.41) is 5.03. The molecule has 0 aliphatic rings. The molecule has 0 saturated heterocycles. The fourth-order valence-corrected chi connectivity index (χ4v) is 1.95. The lowest BCUT2D eigenvalue weighted by Crippen LogP contribution is -2.17. The van der Waals surface area contributed by atoms with Gasteiger partial charge in [0.05, 0.1) is 6.10 Å². The van der Waals surface area contributed by atoms with Gasteiger partial charge in [0, 0.05) is 12.7 Å². The monoisotopic (exact) mass is 274 g/mol. The van der Waals surface area contributed by atoms with Crippen LogP contribution in [0.4, 0.5) is 0 Å². The summed E-state index contributed by atoms with van der Waals surface area (Å²) in [5.74, 6) is -0.541. The molecule has 1 aromatic rings. The van der Waals surface area contributed by atoms with Gasteiger partial charge in [-0.3, -0.25) is 0 Å². The summed E-state index contributed by atoms with van der Waals surface area (Å²) in [6, 6.07) is 1.24. The Bertz CT molecular complexity index is 533. The Labute approximate surface area is 107 Å². The van der Waals surface area contributed by atoms with Gasteiger partial charge in [-0.1, -0.05) is 6.92 Å². The van der Waals surface area contributed by atoms with E-state index in [1.165, 1.54) is 16.8 Å². The molecule has 0 fully saturated rings. The van der Waals surface area contributed by atoms with Gasteiger partial charge in [-0.15, -0.1) is 0 Å². The van der Waals surface area contributed by atoms with Gasteiger partial charge >= 0.3 is 5.97 Å². The minimum atomic E-state index is -3.81. The highest BCUT2D eigenvalue weighted by Crippen LogP contribution is 2.15. The van der Waals surface area contributed by atoms with E-state index in [0.29, 0.717) is 13.0 Å². The molecule has 0 saturated carbocycles. The largest absolute Gasteiger partial charge is 0.458 e. The maximum absolute atomic E-state index is 11.9. The fourth-order valence-electron chi connectivity index (χ4n) is 1.40. The van der Waals surface area contributed by atoms with Crippen molar-refractivity contribution >= 4 is 16.0 Å². The molecule has 0 amide bonds. The number of primary sulfonamides is 1. The van der Waals surface area contributed by atoms with Crippen molar-refractivity contribution < 1.29 is 17.9 Å². The van der Waals surface area contributed by atoms with Crippen molar-refractivity contribution in [3.8, 4) is 0 Å². The van der Waals surface area contributed by atoms with E-state index in [4.69, 9.17) is 9.88 Å².